The maximum absolute atomic E-state index is 12.8. The molecule has 1 unspecified atom stereocenters. The zero-order chi connectivity index (χ0) is 17.6. The molecule has 130 valence electrons. The van der Waals surface area contributed by atoms with Crippen LogP contribution in [0, 0.1) is 19.8 Å². The molecule has 2 heterocycles. The highest BCUT2D eigenvalue weighted by atomic mass is 19.4. The number of fused-ring (bicyclic) bond motifs is 1. The van der Waals surface area contributed by atoms with Gasteiger partial charge in [0.1, 0.15) is 0 Å². The van der Waals surface area contributed by atoms with E-state index in [2.05, 4.69) is 20.4 Å². The lowest BCUT2D eigenvalue weighted by molar-refractivity contribution is -0.144. The average molecular weight is 341 g/mol. The van der Waals surface area contributed by atoms with E-state index in [1.54, 1.807) is 13.8 Å². The van der Waals surface area contributed by atoms with Gasteiger partial charge in [0.25, 0.3) is 11.6 Å². The second kappa shape index (κ2) is 5.71. The third-order valence-electron chi connectivity index (χ3n) is 4.36. The summed E-state index contributed by atoms with van der Waals surface area (Å²) in [5.41, 5.74) is 1.49. The minimum absolute atomic E-state index is 0.0544. The van der Waals surface area contributed by atoms with E-state index in [4.69, 9.17) is 0 Å². The van der Waals surface area contributed by atoms with Gasteiger partial charge in [-0.2, -0.15) is 18.2 Å². The van der Waals surface area contributed by atoms with E-state index in [0.29, 0.717) is 22.9 Å². The van der Waals surface area contributed by atoms with Gasteiger partial charge in [-0.15, -0.1) is 5.10 Å². The molecule has 9 heteroatoms. The highest BCUT2D eigenvalue weighted by Gasteiger charge is 2.37. The Bertz CT molecular complexity index is 794. The highest BCUT2D eigenvalue weighted by molar-refractivity contribution is 5.79. The number of rotatable bonds is 4. The number of carbonyl (C=O) groups is 1. The SMILES string of the molecule is Cc1nc2nc(C(F)(F)F)nn2c(C)c1CC(=O)NC(C)C1CC1. The van der Waals surface area contributed by atoms with Gasteiger partial charge < -0.3 is 5.32 Å². The van der Waals surface area contributed by atoms with Crippen molar-refractivity contribution in [2.45, 2.75) is 52.3 Å². The Labute approximate surface area is 136 Å². The minimum atomic E-state index is -4.63. The van der Waals surface area contributed by atoms with Gasteiger partial charge in [0.2, 0.25) is 5.91 Å². The van der Waals surface area contributed by atoms with Crippen molar-refractivity contribution in [3.63, 3.8) is 0 Å². The molecule has 1 N–H and O–H groups in total. The molecule has 0 aliphatic heterocycles. The third-order valence-corrected chi connectivity index (χ3v) is 4.36. The molecule has 2 aromatic rings. The standard InChI is InChI=1S/C15H18F3N5O/c1-7(10-4-5-10)19-12(24)6-11-8(2)20-14-21-13(15(16,17)18)22-23(14)9(11)3/h7,10H,4-6H2,1-3H3,(H,19,24). The molecule has 1 aliphatic carbocycles. The second-order valence-corrected chi connectivity index (χ2v) is 6.28. The fraction of sp³-hybridized carbons (Fsp3) is 0.600. The highest BCUT2D eigenvalue weighted by Crippen LogP contribution is 2.32. The first-order chi connectivity index (χ1) is 11.2. The maximum Gasteiger partial charge on any atom is 0.453 e. The van der Waals surface area contributed by atoms with Crippen LogP contribution in [0.4, 0.5) is 13.2 Å². The molecule has 0 radical (unpaired) electrons. The van der Waals surface area contributed by atoms with Crippen molar-refractivity contribution in [3.8, 4) is 0 Å². The van der Waals surface area contributed by atoms with Crippen LogP contribution in [-0.4, -0.2) is 31.5 Å². The summed E-state index contributed by atoms with van der Waals surface area (Å²) in [5.74, 6) is -0.992. The number of alkyl halides is 3. The number of aromatic nitrogens is 4. The molecule has 24 heavy (non-hydrogen) atoms. The van der Waals surface area contributed by atoms with Gasteiger partial charge in [0.15, 0.2) is 0 Å². The summed E-state index contributed by atoms with van der Waals surface area (Å²) in [6.45, 7) is 5.23. The first kappa shape index (κ1) is 16.7. The lowest BCUT2D eigenvalue weighted by Crippen LogP contribution is -2.35. The zero-order valence-electron chi connectivity index (χ0n) is 13.6. The molecule has 6 nitrogen and oxygen atoms in total. The fourth-order valence-corrected chi connectivity index (χ4v) is 2.76. The minimum Gasteiger partial charge on any atom is -0.353 e. The normalized spacial score (nSPS) is 16.4. The van der Waals surface area contributed by atoms with Crippen LogP contribution in [0.25, 0.3) is 5.78 Å². The molecule has 1 fully saturated rings. The first-order valence-electron chi connectivity index (χ1n) is 7.76. The predicted molar refractivity (Wildman–Crippen MR) is 79.3 cm³/mol. The van der Waals surface area contributed by atoms with Gasteiger partial charge in [-0.1, -0.05) is 0 Å². The Hall–Kier alpha value is -2.19. The molecule has 1 amide bonds. The second-order valence-electron chi connectivity index (χ2n) is 6.28. The van der Waals surface area contributed by atoms with Crippen molar-refractivity contribution in [1.82, 2.24) is 24.9 Å². The monoisotopic (exact) mass is 341 g/mol. The van der Waals surface area contributed by atoms with Crippen LogP contribution in [0.1, 0.15) is 42.5 Å². The molecule has 1 atom stereocenters. The lowest BCUT2D eigenvalue weighted by atomic mass is 10.1. The van der Waals surface area contributed by atoms with E-state index in [0.717, 1.165) is 17.4 Å². The summed E-state index contributed by atoms with van der Waals surface area (Å²) >= 11 is 0. The van der Waals surface area contributed by atoms with Crippen molar-refractivity contribution in [1.29, 1.82) is 0 Å². The summed E-state index contributed by atoms with van der Waals surface area (Å²) in [4.78, 5) is 19.7. The summed E-state index contributed by atoms with van der Waals surface area (Å²) < 4.78 is 39.3. The van der Waals surface area contributed by atoms with Crippen LogP contribution >= 0.6 is 0 Å². The lowest BCUT2D eigenvalue weighted by Gasteiger charge is -2.14. The molecular formula is C15H18F3N5O. The Morgan fingerprint density at radius 3 is 2.58 bits per heavy atom. The third kappa shape index (κ3) is 3.20. The van der Waals surface area contributed by atoms with Crippen LogP contribution in [0.5, 0.6) is 0 Å². The number of hydrogen-bond donors (Lipinski definition) is 1. The number of hydrogen-bond acceptors (Lipinski definition) is 4. The molecule has 3 rings (SSSR count). The van der Waals surface area contributed by atoms with E-state index in [1.165, 1.54) is 0 Å². The summed E-state index contributed by atoms with van der Waals surface area (Å²) in [7, 11) is 0. The number of halogens is 3. The Kier molecular flexibility index (Phi) is 3.97. The van der Waals surface area contributed by atoms with Gasteiger partial charge in [-0.25, -0.2) is 9.50 Å². The quantitative estimate of drug-likeness (QED) is 0.925. The van der Waals surface area contributed by atoms with Crippen LogP contribution in [0.3, 0.4) is 0 Å². The van der Waals surface area contributed by atoms with Crippen LogP contribution in [0.2, 0.25) is 0 Å². The van der Waals surface area contributed by atoms with Gasteiger partial charge in [0.05, 0.1) is 6.42 Å². The largest absolute Gasteiger partial charge is 0.453 e. The van der Waals surface area contributed by atoms with Crippen molar-refractivity contribution in [2.24, 2.45) is 5.92 Å². The van der Waals surface area contributed by atoms with E-state index in [1.807, 2.05) is 6.92 Å². The molecule has 0 aromatic carbocycles. The van der Waals surface area contributed by atoms with Gasteiger partial charge >= 0.3 is 6.18 Å². The Morgan fingerprint density at radius 2 is 2.00 bits per heavy atom. The van der Waals surface area contributed by atoms with E-state index in [9.17, 15) is 18.0 Å². The van der Waals surface area contributed by atoms with Crippen LogP contribution < -0.4 is 5.32 Å². The fourth-order valence-electron chi connectivity index (χ4n) is 2.76. The molecule has 1 saturated carbocycles. The average Bonchev–Trinajstić information content (AvgIpc) is 3.22. The van der Waals surface area contributed by atoms with E-state index >= 15 is 0 Å². The number of amides is 1. The smallest absolute Gasteiger partial charge is 0.353 e. The molecule has 2 aromatic heterocycles. The maximum atomic E-state index is 12.8. The Balaban J connectivity index is 1.88. The van der Waals surface area contributed by atoms with Crippen molar-refractivity contribution in [3.05, 3.63) is 22.8 Å². The number of aryl methyl sites for hydroxylation is 2. The summed E-state index contributed by atoms with van der Waals surface area (Å²) in [5, 5.41) is 6.41. The molecular weight excluding hydrogens is 323 g/mol. The van der Waals surface area contributed by atoms with Crippen LogP contribution in [-0.2, 0) is 17.4 Å². The van der Waals surface area contributed by atoms with Crippen LogP contribution in [0.15, 0.2) is 0 Å². The molecule has 1 aliphatic rings. The molecule has 0 bridgehead atoms. The molecule has 0 spiro atoms. The predicted octanol–water partition coefficient (Wildman–Crippen LogP) is 2.22. The van der Waals surface area contributed by atoms with Crippen molar-refractivity contribution < 1.29 is 18.0 Å². The topological polar surface area (TPSA) is 72.2 Å². The summed E-state index contributed by atoms with van der Waals surface area (Å²) in [6, 6.07) is 0.109. The summed E-state index contributed by atoms with van der Waals surface area (Å²) in [6.07, 6.45) is -2.34. The number of nitrogens with one attached hydrogen (secondary N) is 1. The number of nitrogens with zero attached hydrogens (tertiary/aromatic N) is 4. The van der Waals surface area contributed by atoms with E-state index < -0.39 is 12.0 Å². The Morgan fingerprint density at radius 1 is 1.33 bits per heavy atom. The van der Waals surface area contributed by atoms with E-state index in [-0.39, 0.29) is 24.1 Å². The van der Waals surface area contributed by atoms with Gasteiger partial charge in [0, 0.05) is 23.0 Å². The van der Waals surface area contributed by atoms with Gasteiger partial charge in [-0.05, 0) is 39.5 Å². The first-order valence-corrected chi connectivity index (χ1v) is 7.76. The van der Waals surface area contributed by atoms with Gasteiger partial charge in [-0.3, -0.25) is 4.79 Å². The zero-order valence-corrected chi connectivity index (χ0v) is 13.6. The van der Waals surface area contributed by atoms with Crippen molar-refractivity contribution >= 4 is 11.7 Å². The van der Waals surface area contributed by atoms with Crippen molar-refractivity contribution in [2.75, 3.05) is 0 Å². The number of carbonyl (C=O) groups excluding carboxylic acids is 1. The molecule has 0 saturated heterocycles.